The third kappa shape index (κ3) is 2.22. The number of nitrogens with zero attached hydrogens (tertiary/aromatic N) is 3. The molecule has 0 saturated carbocycles. The number of nitrogens with one attached hydrogen (secondary N) is 2. The van der Waals surface area contributed by atoms with Crippen molar-refractivity contribution < 1.29 is 4.92 Å². The van der Waals surface area contributed by atoms with E-state index in [9.17, 15) is 14.9 Å². The van der Waals surface area contributed by atoms with Gasteiger partial charge >= 0.3 is 0 Å². The van der Waals surface area contributed by atoms with Gasteiger partial charge in [-0.3, -0.25) is 30.3 Å². The topological polar surface area (TPSA) is 102 Å². The molecule has 0 amide bonds. The first-order valence-electron chi connectivity index (χ1n) is 6.14. The van der Waals surface area contributed by atoms with Gasteiger partial charge in [-0.1, -0.05) is 12.1 Å². The van der Waals surface area contributed by atoms with Gasteiger partial charge in [0.2, 0.25) is 5.95 Å². The van der Waals surface area contributed by atoms with Gasteiger partial charge in [0.05, 0.1) is 16.2 Å². The van der Waals surface area contributed by atoms with E-state index in [-0.39, 0.29) is 11.2 Å². The lowest BCUT2D eigenvalue weighted by Crippen LogP contribution is -2.32. The minimum absolute atomic E-state index is 0.0466. The van der Waals surface area contributed by atoms with Gasteiger partial charge in [0.1, 0.15) is 0 Å². The van der Waals surface area contributed by atoms with E-state index in [4.69, 9.17) is 0 Å². The average Bonchev–Trinajstić information content (AvgIpc) is 2.47. The van der Waals surface area contributed by atoms with E-state index in [0.29, 0.717) is 22.9 Å². The zero-order valence-electron chi connectivity index (χ0n) is 11.0. The summed E-state index contributed by atoms with van der Waals surface area (Å²) < 4.78 is 1.30. The second-order valence-electron chi connectivity index (χ2n) is 4.50. The van der Waals surface area contributed by atoms with Crippen molar-refractivity contribution in [3.63, 3.8) is 0 Å². The molecule has 106 valence electrons. The standard InChI is InChI=1S/C13H11N5O3/c1-8-6-12(19)17-7-10(15-16-13(17)14-8)9-4-2-3-5-11(9)18(20)21/h2-7,15H,1H3,(H,14,16). The van der Waals surface area contributed by atoms with E-state index in [1.54, 1.807) is 25.1 Å². The molecule has 8 heteroatoms. The molecule has 3 rings (SSSR count). The van der Waals surface area contributed by atoms with Crippen molar-refractivity contribution in [3.8, 4) is 0 Å². The number of para-hydroxylation sites is 1. The lowest BCUT2D eigenvalue weighted by molar-refractivity contribution is -0.385. The fraction of sp³-hybridized carbons (Fsp3) is 0.0769. The smallest absolute Gasteiger partial charge is 0.278 e. The van der Waals surface area contributed by atoms with Gasteiger partial charge in [-0.25, -0.2) is 4.98 Å². The Balaban J connectivity index is 2.16. The fourth-order valence-corrected chi connectivity index (χ4v) is 2.10. The second kappa shape index (κ2) is 4.75. The number of hydrogen-bond acceptors (Lipinski definition) is 6. The van der Waals surface area contributed by atoms with E-state index in [1.165, 1.54) is 22.9 Å². The molecule has 0 aliphatic carbocycles. The highest BCUT2D eigenvalue weighted by atomic mass is 16.6. The Kier molecular flexibility index (Phi) is 2.90. The van der Waals surface area contributed by atoms with Crippen LogP contribution < -0.4 is 16.4 Å². The Labute approximate surface area is 118 Å². The first-order chi connectivity index (χ1) is 10.1. The molecule has 1 aromatic carbocycles. The van der Waals surface area contributed by atoms with E-state index >= 15 is 0 Å². The monoisotopic (exact) mass is 285 g/mol. The number of fused-ring (bicyclic) bond motifs is 1. The largest absolute Gasteiger partial charge is 0.296 e. The van der Waals surface area contributed by atoms with E-state index in [0.717, 1.165) is 0 Å². The molecular weight excluding hydrogens is 274 g/mol. The SMILES string of the molecule is Cc1cc(=O)n2c(n1)NNC(c1ccccc1[N+](=O)[O-])=C2. The van der Waals surface area contributed by atoms with Crippen LogP contribution in [0.2, 0.25) is 0 Å². The molecule has 1 aliphatic rings. The number of hydrogen-bond donors (Lipinski definition) is 2. The third-order valence-electron chi connectivity index (χ3n) is 3.04. The van der Waals surface area contributed by atoms with Gasteiger partial charge in [0, 0.05) is 24.0 Å². The Morgan fingerprint density at radius 3 is 2.81 bits per heavy atom. The van der Waals surface area contributed by atoms with Crippen LogP contribution in [0.4, 0.5) is 11.6 Å². The summed E-state index contributed by atoms with van der Waals surface area (Å²) in [6.45, 7) is 1.71. The van der Waals surface area contributed by atoms with Crippen LogP contribution >= 0.6 is 0 Å². The lowest BCUT2D eigenvalue weighted by atomic mass is 10.1. The van der Waals surface area contributed by atoms with Crippen molar-refractivity contribution in [3.05, 3.63) is 62.1 Å². The molecule has 0 fully saturated rings. The molecule has 21 heavy (non-hydrogen) atoms. The Bertz CT molecular complexity index is 825. The van der Waals surface area contributed by atoms with Crippen molar-refractivity contribution in [2.24, 2.45) is 0 Å². The molecule has 0 bridgehead atoms. The quantitative estimate of drug-likeness (QED) is 0.637. The molecule has 1 aliphatic heterocycles. The fourth-order valence-electron chi connectivity index (χ4n) is 2.10. The van der Waals surface area contributed by atoms with Gasteiger partial charge in [-0.2, -0.15) is 0 Å². The van der Waals surface area contributed by atoms with Crippen molar-refractivity contribution in [1.29, 1.82) is 0 Å². The normalized spacial score (nSPS) is 12.7. The molecule has 8 nitrogen and oxygen atoms in total. The van der Waals surface area contributed by atoms with Gasteiger partial charge in [-0.05, 0) is 13.0 Å². The predicted octanol–water partition coefficient (Wildman–Crippen LogP) is 1.35. The summed E-state index contributed by atoms with van der Waals surface area (Å²) in [6, 6.07) is 7.68. The van der Waals surface area contributed by atoms with Crippen LogP contribution in [-0.2, 0) is 0 Å². The summed E-state index contributed by atoms with van der Waals surface area (Å²) in [5.74, 6) is 0.335. The van der Waals surface area contributed by atoms with Crippen molar-refractivity contribution >= 4 is 23.5 Å². The van der Waals surface area contributed by atoms with Crippen LogP contribution in [0, 0.1) is 17.0 Å². The summed E-state index contributed by atoms with van der Waals surface area (Å²) >= 11 is 0. The van der Waals surface area contributed by atoms with Crippen LogP contribution in [-0.4, -0.2) is 14.5 Å². The Morgan fingerprint density at radius 1 is 1.29 bits per heavy atom. The maximum atomic E-state index is 12.0. The Morgan fingerprint density at radius 2 is 2.05 bits per heavy atom. The first kappa shape index (κ1) is 12.9. The highest BCUT2D eigenvalue weighted by Crippen LogP contribution is 2.26. The minimum atomic E-state index is -0.469. The molecule has 0 radical (unpaired) electrons. The van der Waals surface area contributed by atoms with E-state index < -0.39 is 4.92 Å². The van der Waals surface area contributed by atoms with Gasteiger partial charge in [0.25, 0.3) is 11.2 Å². The molecular formula is C13H11N5O3. The number of benzene rings is 1. The molecule has 0 saturated heterocycles. The van der Waals surface area contributed by atoms with Gasteiger partial charge < -0.3 is 0 Å². The first-order valence-corrected chi connectivity index (χ1v) is 6.14. The van der Waals surface area contributed by atoms with E-state index in [1.807, 2.05) is 0 Å². The summed E-state index contributed by atoms with van der Waals surface area (Å²) in [5, 5.41) is 11.1. The maximum absolute atomic E-state index is 12.0. The molecule has 1 aromatic heterocycles. The predicted molar refractivity (Wildman–Crippen MR) is 77.3 cm³/mol. The van der Waals surface area contributed by atoms with Crippen LogP contribution in [0.5, 0.6) is 0 Å². The third-order valence-corrected chi connectivity index (χ3v) is 3.04. The van der Waals surface area contributed by atoms with Crippen molar-refractivity contribution in [2.75, 3.05) is 5.43 Å². The number of hydrazine groups is 1. The summed E-state index contributed by atoms with van der Waals surface area (Å²) in [4.78, 5) is 26.7. The number of anilines is 1. The summed E-state index contributed by atoms with van der Waals surface area (Å²) in [7, 11) is 0. The van der Waals surface area contributed by atoms with Crippen LogP contribution in [0.1, 0.15) is 11.3 Å². The Hall–Kier alpha value is -3.16. The minimum Gasteiger partial charge on any atom is -0.296 e. The summed E-state index contributed by atoms with van der Waals surface area (Å²) in [5.41, 5.74) is 6.68. The van der Waals surface area contributed by atoms with Crippen molar-refractivity contribution in [2.45, 2.75) is 6.92 Å². The van der Waals surface area contributed by atoms with Crippen LogP contribution in [0.15, 0.2) is 35.1 Å². The lowest BCUT2D eigenvalue weighted by Gasteiger charge is -2.20. The van der Waals surface area contributed by atoms with Crippen molar-refractivity contribution in [1.82, 2.24) is 15.0 Å². The number of aryl methyl sites for hydroxylation is 1. The van der Waals surface area contributed by atoms with Crippen LogP contribution in [0.3, 0.4) is 0 Å². The number of aromatic nitrogens is 2. The number of nitro benzene ring substituents is 1. The van der Waals surface area contributed by atoms with E-state index in [2.05, 4.69) is 15.8 Å². The summed E-state index contributed by atoms with van der Waals surface area (Å²) in [6.07, 6.45) is 1.49. The average molecular weight is 285 g/mol. The highest BCUT2D eigenvalue weighted by Gasteiger charge is 2.20. The molecule has 2 heterocycles. The maximum Gasteiger partial charge on any atom is 0.278 e. The number of nitro groups is 1. The second-order valence-corrected chi connectivity index (χ2v) is 4.50. The molecule has 0 unspecified atom stereocenters. The van der Waals surface area contributed by atoms with Gasteiger partial charge in [0.15, 0.2) is 0 Å². The molecule has 0 atom stereocenters. The van der Waals surface area contributed by atoms with Gasteiger partial charge in [-0.15, -0.1) is 0 Å². The zero-order valence-corrected chi connectivity index (χ0v) is 11.0. The zero-order chi connectivity index (χ0) is 15.0. The highest BCUT2D eigenvalue weighted by molar-refractivity contribution is 5.81. The van der Waals surface area contributed by atoms with Crippen LogP contribution in [0.25, 0.3) is 11.9 Å². The molecule has 0 spiro atoms. The molecule has 2 aromatic rings. The molecule has 2 N–H and O–H groups in total. The number of rotatable bonds is 2.